The molecule has 1 heterocycles. The molecule has 1 rings (SSSR count). The summed E-state index contributed by atoms with van der Waals surface area (Å²) in [6.07, 6.45) is 2.17. The Balaban J connectivity index is 2.96. The lowest BCUT2D eigenvalue weighted by atomic mass is 10.1. The van der Waals surface area contributed by atoms with Crippen molar-refractivity contribution in [3.05, 3.63) is 16.3 Å². The van der Waals surface area contributed by atoms with E-state index in [9.17, 15) is 4.79 Å². The molecule has 0 atom stereocenters. The van der Waals surface area contributed by atoms with E-state index in [4.69, 9.17) is 5.11 Å². The fourth-order valence-electron chi connectivity index (χ4n) is 2.18. The average Bonchev–Trinajstić information content (AvgIpc) is 2.78. The molecule has 3 nitrogen and oxygen atoms in total. The quantitative estimate of drug-likeness (QED) is 0.810. The lowest BCUT2D eigenvalue weighted by Gasteiger charge is -2.33. The van der Waals surface area contributed by atoms with Crippen molar-refractivity contribution in [2.45, 2.75) is 46.6 Å². The molecule has 1 aromatic rings. The van der Waals surface area contributed by atoms with Crippen LogP contribution in [0, 0.1) is 5.92 Å². The first-order valence-corrected chi connectivity index (χ1v) is 7.45. The van der Waals surface area contributed by atoms with Crippen molar-refractivity contribution < 1.29 is 9.90 Å². The summed E-state index contributed by atoms with van der Waals surface area (Å²) in [7, 11) is 0. The van der Waals surface area contributed by atoms with E-state index >= 15 is 0 Å². The van der Waals surface area contributed by atoms with Gasteiger partial charge in [0.05, 0.1) is 0 Å². The first-order valence-electron chi connectivity index (χ1n) is 6.58. The lowest BCUT2D eigenvalue weighted by molar-refractivity contribution is 0.0702. The number of carboxylic acid groups (broad SMARTS) is 1. The summed E-state index contributed by atoms with van der Waals surface area (Å²) in [5, 5.41) is 11.0. The van der Waals surface area contributed by atoms with Gasteiger partial charge in [0.2, 0.25) is 0 Å². The Hall–Kier alpha value is -1.03. The summed E-state index contributed by atoms with van der Waals surface area (Å²) in [5.41, 5.74) is 1.06. The third-order valence-corrected chi connectivity index (χ3v) is 3.98. The van der Waals surface area contributed by atoms with E-state index in [1.165, 1.54) is 11.3 Å². The summed E-state index contributed by atoms with van der Waals surface area (Å²) in [6, 6.07) is 2.29. The standard InChI is InChI=1S/C14H23NO2S/c1-5-11(6-2)15(8-10(3)4)12-7-13(14(16)17)18-9-12/h7,9-11H,5-6,8H2,1-4H3,(H,16,17). The van der Waals surface area contributed by atoms with Crippen molar-refractivity contribution in [2.24, 2.45) is 5.92 Å². The van der Waals surface area contributed by atoms with Crippen LogP contribution in [-0.2, 0) is 0 Å². The molecular weight excluding hydrogens is 246 g/mol. The van der Waals surface area contributed by atoms with Crippen LogP contribution < -0.4 is 4.90 Å². The molecule has 0 saturated carbocycles. The Morgan fingerprint density at radius 2 is 2.00 bits per heavy atom. The van der Waals surface area contributed by atoms with Crippen LogP contribution in [0.4, 0.5) is 5.69 Å². The summed E-state index contributed by atoms with van der Waals surface area (Å²) in [5.74, 6) is -0.265. The molecule has 102 valence electrons. The summed E-state index contributed by atoms with van der Waals surface area (Å²) >= 11 is 1.31. The van der Waals surface area contributed by atoms with Crippen LogP contribution in [0.2, 0.25) is 0 Å². The lowest BCUT2D eigenvalue weighted by Crippen LogP contribution is -2.37. The van der Waals surface area contributed by atoms with Crippen LogP contribution in [0.1, 0.15) is 50.2 Å². The maximum absolute atomic E-state index is 11.0. The predicted molar refractivity (Wildman–Crippen MR) is 77.8 cm³/mol. The number of rotatable bonds is 7. The smallest absolute Gasteiger partial charge is 0.345 e. The Bertz CT molecular complexity index is 383. The Kier molecular flexibility index (Phi) is 5.66. The third kappa shape index (κ3) is 3.73. The van der Waals surface area contributed by atoms with Gasteiger partial charge < -0.3 is 10.0 Å². The van der Waals surface area contributed by atoms with Crippen molar-refractivity contribution in [3.8, 4) is 0 Å². The van der Waals surface area contributed by atoms with Gasteiger partial charge in [-0.3, -0.25) is 0 Å². The number of thiophene rings is 1. The zero-order valence-corrected chi connectivity index (χ0v) is 12.5. The minimum absolute atomic E-state index is 0.421. The summed E-state index contributed by atoms with van der Waals surface area (Å²) < 4.78 is 0. The topological polar surface area (TPSA) is 40.5 Å². The highest BCUT2D eigenvalue weighted by Gasteiger charge is 2.19. The number of hydrogen-bond donors (Lipinski definition) is 1. The number of hydrogen-bond acceptors (Lipinski definition) is 3. The average molecular weight is 269 g/mol. The van der Waals surface area contributed by atoms with E-state index in [-0.39, 0.29) is 0 Å². The second-order valence-corrected chi connectivity index (χ2v) is 5.90. The van der Waals surface area contributed by atoms with Gasteiger partial charge in [-0.2, -0.15) is 0 Å². The van der Waals surface area contributed by atoms with Crippen molar-refractivity contribution in [1.29, 1.82) is 0 Å². The van der Waals surface area contributed by atoms with Crippen molar-refractivity contribution >= 4 is 23.0 Å². The number of carboxylic acids is 1. The van der Waals surface area contributed by atoms with Crippen molar-refractivity contribution in [2.75, 3.05) is 11.4 Å². The van der Waals surface area contributed by atoms with Gasteiger partial charge >= 0.3 is 5.97 Å². The molecule has 0 radical (unpaired) electrons. The minimum Gasteiger partial charge on any atom is -0.477 e. The first kappa shape index (κ1) is 15.0. The molecule has 0 unspecified atom stereocenters. The number of nitrogens with zero attached hydrogens (tertiary/aromatic N) is 1. The van der Waals surface area contributed by atoms with Gasteiger partial charge in [0.1, 0.15) is 4.88 Å². The molecule has 0 aliphatic heterocycles. The SMILES string of the molecule is CCC(CC)N(CC(C)C)c1csc(C(=O)O)c1. The monoisotopic (exact) mass is 269 g/mol. The van der Waals surface area contributed by atoms with Crippen LogP contribution >= 0.6 is 11.3 Å². The molecule has 0 fully saturated rings. The van der Waals surface area contributed by atoms with Gasteiger partial charge in [0.25, 0.3) is 0 Å². The number of aromatic carboxylic acids is 1. The molecular formula is C14H23NO2S. The molecule has 0 bridgehead atoms. The Labute approximate surface area is 113 Å². The van der Waals surface area contributed by atoms with Crippen LogP contribution in [0.25, 0.3) is 0 Å². The molecule has 0 amide bonds. The maximum atomic E-state index is 11.0. The van der Waals surface area contributed by atoms with Crippen molar-refractivity contribution in [3.63, 3.8) is 0 Å². The third-order valence-electron chi connectivity index (χ3n) is 3.07. The number of carbonyl (C=O) groups is 1. The highest BCUT2D eigenvalue weighted by Crippen LogP contribution is 2.27. The van der Waals surface area contributed by atoms with Gasteiger partial charge in [-0.1, -0.05) is 27.7 Å². The second kappa shape index (κ2) is 6.78. The van der Waals surface area contributed by atoms with Gasteiger partial charge in [0, 0.05) is 23.7 Å². The molecule has 1 aromatic heterocycles. The van der Waals surface area contributed by atoms with Crippen molar-refractivity contribution in [1.82, 2.24) is 0 Å². The number of anilines is 1. The van der Waals surface area contributed by atoms with Gasteiger partial charge in [-0.05, 0) is 24.8 Å². The molecule has 0 aromatic carbocycles. The predicted octanol–water partition coefficient (Wildman–Crippen LogP) is 4.10. The molecule has 0 spiro atoms. The molecule has 0 aliphatic carbocycles. The normalized spacial score (nSPS) is 11.2. The van der Waals surface area contributed by atoms with Crippen LogP contribution in [0.15, 0.2) is 11.4 Å². The Morgan fingerprint density at radius 3 is 2.39 bits per heavy atom. The van der Waals surface area contributed by atoms with E-state index in [2.05, 4.69) is 32.6 Å². The fourth-order valence-corrected chi connectivity index (χ4v) is 2.92. The van der Waals surface area contributed by atoms with Crippen LogP contribution in [0.3, 0.4) is 0 Å². The summed E-state index contributed by atoms with van der Waals surface area (Å²) in [6.45, 7) is 9.74. The van der Waals surface area contributed by atoms with Crippen LogP contribution in [-0.4, -0.2) is 23.7 Å². The zero-order valence-electron chi connectivity index (χ0n) is 11.6. The highest BCUT2D eigenvalue weighted by atomic mass is 32.1. The minimum atomic E-state index is -0.833. The highest BCUT2D eigenvalue weighted by molar-refractivity contribution is 7.12. The summed E-state index contributed by atoms with van der Waals surface area (Å²) in [4.78, 5) is 13.7. The Morgan fingerprint density at radius 1 is 1.39 bits per heavy atom. The second-order valence-electron chi connectivity index (χ2n) is 4.99. The zero-order chi connectivity index (χ0) is 13.7. The van der Waals surface area contributed by atoms with E-state index in [1.54, 1.807) is 6.07 Å². The fraction of sp³-hybridized carbons (Fsp3) is 0.643. The maximum Gasteiger partial charge on any atom is 0.345 e. The molecule has 1 N–H and O–H groups in total. The van der Waals surface area contributed by atoms with E-state index < -0.39 is 5.97 Å². The van der Waals surface area contributed by atoms with Crippen LogP contribution in [0.5, 0.6) is 0 Å². The van der Waals surface area contributed by atoms with E-state index in [0.29, 0.717) is 16.8 Å². The van der Waals surface area contributed by atoms with E-state index in [0.717, 1.165) is 25.1 Å². The van der Waals surface area contributed by atoms with Gasteiger partial charge in [0.15, 0.2) is 0 Å². The molecule has 0 aliphatic rings. The van der Waals surface area contributed by atoms with Gasteiger partial charge in [-0.15, -0.1) is 11.3 Å². The largest absolute Gasteiger partial charge is 0.477 e. The molecule has 4 heteroatoms. The van der Waals surface area contributed by atoms with Gasteiger partial charge in [-0.25, -0.2) is 4.79 Å². The molecule has 18 heavy (non-hydrogen) atoms. The van der Waals surface area contributed by atoms with E-state index in [1.807, 2.05) is 5.38 Å². The first-order chi connectivity index (χ1) is 8.49. The molecule has 0 saturated heterocycles.